The Morgan fingerprint density at radius 2 is 1.54 bits per heavy atom. The summed E-state index contributed by atoms with van der Waals surface area (Å²) in [5, 5.41) is 16.7. The molecule has 9 nitrogen and oxygen atoms in total. The lowest BCUT2D eigenvalue weighted by Gasteiger charge is -2.08. The second-order valence-electron chi connectivity index (χ2n) is 5.23. The van der Waals surface area contributed by atoms with Gasteiger partial charge in [-0.2, -0.15) is 0 Å². The fourth-order valence-corrected chi connectivity index (χ4v) is 2.95. The number of amides is 1. The number of sulfonamides is 1. The summed E-state index contributed by atoms with van der Waals surface area (Å²) >= 11 is 0. The average molecular weight is 377 g/mol. The Morgan fingerprint density at radius 3 is 2.04 bits per heavy atom. The average Bonchev–Trinajstić information content (AvgIpc) is 2.60. The molecule has 1 amide bonds. The predicted molar refractivity (Wildman–Crippen MR) is 93.9 cm³/mol. The van der Waals surface area contributed by atoms with Gasteiger partial charge in [0.15, 0.2) is 0 Å². The fraction of sp³-hybridized carbons (Fsp3) is 0.0625. The van der Waals surface area contributed by atoms with Crippen LogP contribution in [-0.4, -0.2) is 37.8 Å². The van der Waals surface area contributed by atoms with Crippen molar-refractivity contribution in [1.82, 2.24) is 4.72 Å². The zero-order chi connectivity index (χ0) is 19.3. The topological polar surface area (TPSA) is 164 Å². The third kappa shape index (κ3) is 4.88. The number of hydrogen-bond donors (Lipinski definition) is 5. The highest BCUT2D eigenvalue weighted by Gasteiger charge is 2.16. The number of carbonyl (C=O) groups excluding carboxylic acids is 1. The molecule has 0 heterocycles. The molecule has 10 heteroatoms. The first-order chi connectivity index (χ1) is 12.2. The number of carbonyl (C=O) groups is 2. The lowest BCUT2D eigenvalue weighted by Crippen LogP contribution is -2.46. The minimum atomic E-state index is -3.89. The maximum absolute atomic E-state index is 12.2. The van der Waals surface area contributed by atoms with Crippen LogP contribution in [0.4, 0.5) is 5.69 Å². The summed E-state index contributed by atoms with van der Waals surface area (Å²) < 4.78 is 26.5. The zero-order valence-corrected chi connectivity index (χ0v) is 14.3. The molecule has 0 bridgehead atoms. The Balaban J connectivity index is 1.96. The Hall–Kier alpha value is -3.24. The van der Waals surface area contributed by atoms with Crippen molar-refractivity contribution in [3.05, 3.63) is 59.7 Å². The highest BCUT2D eigenvalue weighted by molar-refractivity contribution is 7.89. The summed E-state index contributed by atoms with van der Waals surface area (Å²) in [6.45, 7) is -0.490. The Kier molecular flexibility index (Phi) is 5.70. The summed E-state index contributed by atoms with van der Waals surface area (Å²) in [6.07, 6.45) is 0. The van der Waals surface area contributed by atoms with Crippen molar-refractivity contribution in [1.29, 1.82) is 0 Å². The summed E-state index contributed by atoms with van der Waals surface area (Å²) in [5.41, 5.74) is 6.32. The highest BCUT2D eigenvalue weighted by Crippen LogP contribution is 2.11. The van der Waals surface area contributed by atoms with Crippen molar-refractivity contribution >= 4 is 33.4 Å². The molecule has 2 aromatic carbocycles. The van der Waals surface area contributed by atoms with E-state index in [1.165, 1.54) is 48.5 Å². The molecule has 0 aliphatic heterocycles. The van der Waals surface area contributed by atoms with Gasteiger partial charge in [0.05, 0.1) is 22.6 Å². The van der Waals surface area contributed by atoms with E-state index in [1.807, 2.05) is 0 Å². The van der Waals surface area contributed by atoms with Crippen LogP contribution in [0.1, 0.15) is 15.9 Å². The molecule has 0 aliphatic rings. The standard InChI is InChI=1S/C16H16N4O5S/c17-15(18)10-3-7-13(8-4-10)26(24,25)19-9-14(21)20-12-5-1-11(2-6-12)16(22)23/h1-8,19H,9H2,(H3,17,18)(H,20,21)(H,22,23)/p+1. The van der Waals surface area contributed by atoms with Gasteiger partial charge in [0, 0.05) is 5.69 Å². The Labute approximate surface area is 149 Å². The number of aromatic carboxylic acids is 1. The molecule has 0 saturated carbocycles. The van der Waals surface area contributed by atoms with Gasteiger partial charge in [-0.3, -0.25) is 15.9 Å². The number of carboxylic acid groups (broad SMARTS) is 1. The van der Waals surface area contributed by atoms with E-state index >= 15 is 0 Å². The van der Waals surface area contributed by atoms with Gasteiger partial charge in [-0.15, -0.1) is 0 Å². The van der Waals surface area contributed by atoms with Gasteiger partial charge in [0.1, 0.15) is 0 Å². The lowest BCUT2D eigenvalue weighted by molar-refractivity contribution is -0.115. The number of carboxylic acids is 1. The largest absolute Gasteiger partial charge is 0.478 e. The molecule has 2 rings (SSSR count). The molecule has 2 aromatic rings. The van der Waals surface area contributed by atoms with Crippen molar-refractivity contribution < 1.29 is 28.5 Å². The molecule has 136 valence electrons. The molecule has 0 radical (unpaired) electrons. The van der Waals surface area contributed by atoms with E-state index < -0.39 is 28.4 Å². The fourth-order valence-electron chi connectivity index (χ4n) is 1.97. The van der Waals surface area contributed by atoms with Gasteiger partial charge in [0.2, 0.25) is 15.9 Å². The Morgan fingerprint density at radius 1 is 1.00 bits per heavy atom. The van der Waals surface area contributed by atoms with E-state index in [-0.39, 0.29) is 16.3 Å². The maximum atomic E-state index is 12.2. The molecule has 0 fully saturated rings. The van der Waals surface area contributed by atoms with Gasteiger partial charge in [0.25, 0.3) is 5.84 Å². The van der Waals surface area contributed by atoms with E-state index in [4.69, 9.17) is 16.2 Å². The summed E-state index contributed by atoms with van der Waals surface area (Å²) in [6, 6.07) is 11.0. The third-order valence-electron chi connectivity index (χ3n) is 3.34. The molecular formula is C16H17N4O5S+. The quantitative estimate of drug-likeness (QED) is 0.299. The van der Waals surface area contributed by atoms with Crippen LogP contribution in [0.15, 0.2) is 53.4 Å². The van der Waals surface area contributed by atoms with Crippen LogP contribution in [0.3, 0.4) is 0 Å². The number of hydrogen-bond acceptors (Lipinski definition) is 4. The van der Waals surface area contributed by atoms with Crippen LogP contribution >= 0.6 is 0 Å². The second kappa shape index (κ2) is 7.76. The third-order valence-corrected chi connectivity index (χ3v) is 4.75. The molecule has 7 N–H and O–H groups in total. The van der Waals surface area contributed by atoms with Crippen molar-refractivity contribution in [3.63, 3.8) is 0 Å². The smallest absolute Gasteiger partial charge is 0.335 e. The minimum Gasteiger partial charge on any atom is -0.478 e. The first-order valence-corrected chi connectivity index (χ1v) is 8.78. The molecule has 0 saturated heterocycles. The van der Waals surface area contributed by atoms with Gasteiger partial charge >= 0.3 is 5.97 Å². The highest BCUT2D eigenvalue weighted by atomic mass is 32.2. The zero-order valence-electron chi connectivity index (χ0n) is 13.5. The van der Waals surface area contributed by atoms with Crippen LogP contribution in [0, 0.1) is 0 Å². The number of rotatable bonds is 7. The van der Waals surface area contributed by atoms with E-state index in [2.05, 4.69) is 10.0 Å². The number of amidine groups is 1. The van der Waals surface area contributed by atoms with Crippen LogP contribution < -0.4 is 21.2 Å². The molecule has 0 atom stereocenters. The minimum absolute atomic E-state index is 0.0406. The number of anilines is 1. The maximum Gasteiger partial charge on any atom is 0.335 e. The van der Waals surface area contributed by atoms with Crippen LogP contribution in [0.25, 0.3) is 0 Å². The predicted octanol–water partition coefficient (Wildman–Crippen LogP) is -1.23. The molecule has 0 spiro atoms. The lowest BCUT2D eigenvalue weighted by atomic mass is 10.2. The van der Waals surface area contributed by atoms with Crippen LogP contribution in [-0.2, 0) is 14.8 Å². The first-order valence-electron chi connectivity index (χ1n) is 7.30. The molecule has 0 aromatic heterocycles. The first kappa shape index (κ1) is 19.1. The summed E-state index contributed by atoms with van der Waals surface area (Å²) in [4.78, 5) is 22.6. The molecule has 26 heavy (non-hydrogen) atoms. The van der Waals surface area contributed by atoms with E-state index in [9.17, 15) is 18.0 Å². The van der Waals surface area contributed by atoms with Crippen LogP contribution in [0.2, 0.25) is 0 Å². The number of benzene rings is 2. The Bertz CT molecular complexity index is 938. The molecule has 0 unspecified atom stereocenters. The molecular weight excluding hydrogens is 360 g/mol. The number of nitrogens with two attached hydrogens (primary N) is 2. The van der Waals surface area contributed by atoms with Crippen molar-refractivity contribution in [2.24, 2.45) is 5.73 Å². The monoisotopic (exact) mass is 377 g/mol. The summed E-state index contributed by atoms with van der Waals surface area (Å²) in [7, 11) is -3.89. The normalized spacial score (nSPS) is 10.9. The van der Waals surface area contributed by atoms with Gasteiger partial charge in [-0.1, -0.05) is 0 Å². The molecule has 0 aliphatic carbocycles. The number of nitrogens with one attached hydrogen (secondary N) is 2. The van der Waals surface area contributed by atoms with Crippen LogP contribution in [0.5, 0.6) is 0 Å². The van der Waals surface area contributed by atoms with Gasteiger partial charge < -0.3 is 10.4 Å². The van der Waals surface area contributed by atoms with Crippen molar-refractivity contribution in [3.8, 4) is 0 Å². The second-order valence-corrected chi connectivity index (χ2v) is 7.00. The summed E-state index contributed by atoms with van der Waals surface area (Å²) in [5.74, 6) is -1.63. The van der Waals surface area contributed by atoms with E-state index in [0.29, 0.717) is 11.3 Å². The van der Waals surface area contributed by atoms with Gasteiger partial charge in [-0.05, 0) is 48.5 Å². The van der Waals surface area contributed by atoms with E-state index in [0.717, 1.165) is 0 Å². The SMILES string of the molecule is NC(=[NH2+])c1ccc(S(=O)(=O)NCC(=O)Nc2ccc(C(=O)O)cc2)cc1. The van der Waals surface area contributed by atoms with Gasteiger partial charge in [-0.25, -0.2) is 17.9 Å². The van der Waals surface area contributed by atoms with E-state index in [1.54, 1.807) is 0 Å². The van der Waals surface area contributed by atoms with Crippen molar-refractivity contribution in [2.75, 3.05) is 11.9 Å². The van der Waals surface area contributed by atoms with Crippen molar-refractivity contribution in [2.45, 2.75) is 4.90 Å².